The van der Waals surface area contributed by atoms with Gasteiger partial charge in [-0.05, 0) is 36.2 Å². The van der Waals surface area contributed by atoms with Gasteiger partial charge in [0.25, 0.3) is 5.91 Å². The molecule has 0 aliphatic rings. The molecule has 150 valence electrons. The number of ether oxygens (including phenoxy) is 1. The van der Waals surface area contributed by atoms with Crippen LogP contribution in [0.4, 0.5) is 0 Å². The van der Waals surface area contributed by atoms with Gasteiger partial charge in [-0.3, -0.25) is 4.79 Å². The summed E-state index contributed by atoms with van der Waals surface area (Å²) in [6, 6.07) is 25.2. The SMILES string of the molecule is Cc1ccc(C(NC(=O)c2cccc(OCc3cscn3)c2)c2ccccc2)cc1. The minimum Gasteiger partial charge on any atom is -0.487 e. The van der Waals surface area contributed by atoms with Gasteiger partial charge in [0, 0.05) is 10.9 Å². The fourth-order valence-electron chi connectivity index (χ4n) is 3.17. The fourth-order valence-corrected chi connectivity index (χ4v) is 3.71. The lowest BCUT2D eigenvalue weighted by Gasteiger charge is -2.20. The molecule has 1 heterocycles. The maximum absolute atomic E-state index is 13.1. The first-order valence-corrected chi connectivity index (χ1v) is 10.7. The topological polar surface area (TPSA) is 51.2 Å². The molecular weight excluding hydrogens is 392 g/mol. The molecule has 0 radical (unpaired) electrons. The van der Waals surface area contributed by atoms with Crippen molar-refractivity contribution in [3.8, 4) is 5.75 Å². The van der Waals surface area contributed by atoms with Gasteiger partial charge in [0.05, 0.1) is 17.2 Å². The number of aromatic nitrogens is 1. The molecule has 4 rings (SSSR count). The van der Waals surface area contributed by atoms with Crippen molar-refractivity contribution in [3.63, 3.8) is 0 Å². The van der Waals surface area contributed by atoms with E-state index in [0.29, 0.717) is 17.9 Å². The number of carbonyl (C=O) groups excluding carboxylic acids is 1. The Hall–Kier alpha value is -3.44. The van der Waals surface area contributed by atoms with E-state index >= 15 is 0 Å². The number of thiazole rings is 1. The molecule has 30 heavy (non-hydrogen) atoms. The van der Waals surface area contributed by atoms with Gasteiger partial charge in [0.2, 0.25) is 0 Å². The summed E-state index contributed by atoms with van der Waals surface area (Å²) in [7, 11) is 0. The third kappa shape index (κ3) is 4.93. The zero-order valence-electron chi connectivity index (χ0n) is 16.6. The van der Waals surface area contributed by atoms with Crippen molar-refractivity contribution in [1.82, 2.24) is 10.3 Å². The summed E-state index contributed by atoms with van der Waals surface area (Å²) in [4.78, 5) is 17.3. The van der Waals surface area contributed by atoms with E-state index in [4.69, 9.17) is 4.74 Å². The molecule has 1 N–H and O–H groups in total. The van der Waals surface area contributed by atoms with Gasteiger partial charge in [-0.2, -0.15) is 0 Å². The maximum Gasteiger partial charge on any atom is 0.252 e. The van der Waals surface area contributed by atoms with Crippen LogP contribution in [0.15, 0.2) is 89.8 Å². The molecule has 1 atom stereocenters. The molecule has 0 bridgehead atoms. The number of hydrogen-bond donors (Lipinski definition) is 1. The Morgan fingerprint density at radius 2 is 1.77 bits per heavy atom. The Balaban J connectivity index is 1.53. The van der Waals surface area contributed by atoms with Crippen molar-refractivity contribution in [2.75, 3.05) is 0 Å². The van der Waals surface area contributed by atoms with Crippen LogP contribution in [0.5, 0.6) is 5.75 Å². The Bertz CT molecular complexity index is 1090. The smallest absolute Gasteiger partial charge is 0.252 e. The van der Waals surface area contributed by atoms with Crippen molar-refractivity contribution < 1.29 is 9.53 Å². The first-order chi connectivity index (χ1) is 14.7. The van der Waals surface area contributed by atoms with Crippen molar-refractivity contribution in [2.24, 2.45) is 0 Å². The summed E-state index contributed by atoms with van der Waals surface area (Å²) >= 11 is 1.53. The molecule has 4 aromatic rings. The van der Waals surface area contributed by atoms with Crippen LogP contribution in [0.2, 0.25) is 0 Å². The zero-order valence-corrected chi connectivity index (χ0v) is 17.4. The standard InChI is InChI=1S/C25H22N2O2S/c1-18-10-12-20(13-11-18)24(19-6-3-2-4-7-19)27-25(28)21-8-5-9-23(14-21)29-15-22-16-30-17-26-22/h2-14,16-17,24H,15H2,1H3,(H,27,28). The van der Waals surface area contributed by atoms with Crippen LogP contribution in [0.3, 0.4) is 0 Å². The molecule has 1 unspecified atom stereocenters. The molecule has 0 saturated carbocycles. The van der Waals surface area contributed by atoms with Crippen LogP contribution in [-0.2, 0) is 6.61 Å². The lowest BCUT2D eigenvalue weighted by Crippen LogP contribution is -2.29. The van der Waals surface area contributed by atoms with Gasteiger partial charge in [-0.15, -0.1) is 11.3 Å². The van der Waals surface area contributed by atoms with E-state index in [-0.39, 0.29) is 11.9 Å². The number of aryl methyl sites for hydroxylation is 1. The maximum atomic E-state index is 13.1. The van der Waals surface area contributed by atoms with Gasteiger partial charge in [0.15, 0.2) is 0 Å². The number of nitrogens with one attached hydrogen (secondary N) is 1. The van der Waals surface area contributed by atoms with Gasteiger partial charge in [-0.25, -0.2) is 4.98 Å². The van der Waals surface area contributed by atoms with E-state index in [2.05, 4.69) is 41.5 Å². The van der Waals surface area contributed by atoms with Crippen LogP contribution < -0.4 is 10.1 Å². The lowest BCUT2D eigenvalue weighted by molar-refractivity contribution is 0.0942. The summed E-state index contributed by atoms with van der Waals surface area (Å²) in [6.07, 6.45) is 0. The average Bonchev–Trinajstić information content (AvgIpc) is 3.31. The third-order valence-electron chi connectivity index (χ3n) is 4.79. The second-order valence-corrected chi connectivity index (χ2v) is 7.74. The second-order valence-electron chi connectivity index (χ2n) is 7.02. The number of rotatable bonds is 7. The number of hydrogen-bond acceptors (Lipinski definition) is 4. The average molecular weight is 415 g/mol. The van der Waals surface area contributed by atoms with Gasteiger partial charge in [-0.1, -0.05) is 66.2 Å². The van der Waals surface area contributed by atoms with Crippen LogP contribution in [-0.4, -0.2) is 10.9 Å². The molecule has 1 aromatic heterocycles. The summed E-state index contributed by atoms with van der Waals surface area (Å²) in [5.41, 5.74) is 6.46. The molecule has 0 spiro atoms. The van der Waals surface area contributed by atoms with Crippen molar-refractivity contribution in [2.45, 2.75) is 19.6 Å². The molecule has 0 aliphatic heterocycles. The number of benzene rings is 3. The van der Waals surface area contributed by atoms with Crippen LogP contribution in [0.25, 0.3) is 0 Å². The number of carbonyl (C=O) groups is 1. The Morgan fingerprint density at radius 3 is 2.50 bits per heavy atom. The van der Waals surface area contributed by atoms with E-state index in [0.717, 1.165) is 16.8 Å². The van der Waals surface area contributed by atoms with E-state index in [1.165, 1.54) is 16.9 Å². The van der Waals surface area contributed by atoms with Crippen molar-refractivity contribution >= 4 is 17.2 Å². The summed E-state index contributed by atoms with van der Waals surface area (Å²) < 4.78 is 5.79. The Labute approximate surface area is 180 Å². The van der Waals surface area contributed by atoms with Gasteiger partial charge in [0.1, 0.15) is 12.4 Å². The Morgan fingerprint density at radius 1 is 1.00 bits per heavy atom. The summed E-state index contributed by atoms with van der Waals surface area (Å²) in [5, 5.41) is 5.12. The quantitative estimate of drug-likeness (QED) is 0.431. The van der Waals surface area contributed by atoms with Crippen molar-refractivity contribution in [3.05, 3.63) is 118 Å². The van der Waals surface area contributed by atoms with E-state index in [1.54, 1.807) is 17.6 Å². The third-order valence-corrected chi connectivity index (χ3v) is 5.42. The normalized spacial score (nSPS) is 11.6. The van der Waals surface area contributed by atoms with E-state index in [9.17, 15) is 4.79 Å². The Kier molecular flexibility index (Phi) is 6.20. The zero-order chi connectivity index (χ0) is 20.8. The number of amides is 1. The molecule has 4 nitrogen and oxygen atoms in total. The largest absolute Gasteiger partial charge is 0.487 e. The first-order valence-electron chi connectivity index (χ1n) is 9.71. The monoisotopic (exact) mass is 414 g/mol. The highest BCUT2D eigenvalue weighted by molar-refractivity contribution is 7.07. The minimum absolute atomic E-state index is 0.150. The molecule has 0 saturated heterocycles. The van der Waals surface area contributed by atoms with Crippen LogP contribution in [0, 0.1) is 6.92 Å². The molecule has 1 amide bonds. The molecular formula is C25H22N2O2S. The van der Waals surface area contributed by atoms with E-state index < -0.39 is 0 Å². The molecule has 0 aliphatic carbocycles. The second kappa shape index (κ2) is 9.37. The first kappa shape index (κ1) is 19.9. The highest BCUT2D eigenvalue weighted by atomic mass is 32.1. The highest BCUT2D eigenvalue weighted by Gasteiger charge is 2.18. The predicted octanol–water partition coefficient (Wildman–Crippen LogP) is 5.55. The minimum atomic E-state index is -0.237. The van der Waals surface area contributed by atoms with Crippen LogP contribution in [0.1, 0.15) is 38.8 Å². The summed E-state index contributed by atoms with van der Waals surface area (Å²) in [6.45, 7) is 2.43. The number of nitrogens with zero attached hydrogens (tertiary/aromatic N) is 1. The van der Waals surface area contributed by atoms with Crippen molar-refractivity contribution in [1.29, 1.82) is 0 Å². The lowest BCUT2D eigenvalue weighted by atomic mass is 9.97. The molecule has 3 aromatic carbocycles. The van der Waals surface area contributed by atoms with Gasteiger partial charge >= 0.3 is 0 Å². The van der Waals surface area contributed by atoms with E-state index in [1.807, 2.05) is 47.8 Å². The van der Waals surface area contributed by atoms with Gasteiger partial charge < -0.3 is 10.1 Å². The molecule has 0 fully saturated rings. The molecule has 5 heteroatoms. The predicted molar refractivity (Wildman–Crippen MR) is 120 cm³/mol. The fraction of sp³-hybridized carbons (Fsp3) is 0.120. The summed E-state index contributed by atoms with van der Waals surface area (Å²) in [5.74, 6) is 0.491. The van der Waals surface area contributed by atoms with Crippen LogP contribution >= 0.6 is 11.3 Å². The highest BCUT2D eigenvalue weighted by Crippen LogP contribution is 2.24.